The first-order chi connectivity index (χ1) is 11.6. The number of nitrogens with one attached hydrogen (secondary N) is 2. The number of aliphatic hydroxyl groups excluding tert-OH is 3. The fraction of sp³-hybridized carbons (Fsp3) is 0.833. The maximum Gasteiger partial charge on any atom is 0.266 e. The molecular weight excluding hydrogens is 378 g/mol. The number of ether oxygens (including phenoxy) is 1. The third kappa shape index (κ3) is 5.04. The van der Waals surface area contributed by atoms with Gasteiger partial charge in [0.15, 0.2) is 11.3 Å². The molecule has 0 aromatic rings. The molecule has 2 fully saturated rings. The predicted octanol–water partition coefficient (Wildman–Crippen LogP) is -3.76. The quantitative estimate of drug-likeness (QED) is 0.141. The number of thiocarbonyl (C=S) groups is 1. The first-order valence-corrected chi connectivity index (χ1v) is 9.55. The first-order valence-electron chi connectivity index (χ1n) is 7.54. The third-order valence-corrected chi connectivity index (χ3v) is 5.09. The number of amides is 1. The van der Waals surface area contributed by atoms with Crippen LogP contribution in [0.4, 0.5) is 0 Å². The van der Waals surface area contributed by atoms with Gasteiger partial charge in [-0.2, -0.15) is 8.42 Å². The summed E-state index contributed by atoms with van der Waals surface area (Å²) in [5.41, 5.74) is 0. The Bertz CT molecular complexity index is 615. The summed E-state index contributed by atoms with van der Waals surface area (Å²) in [6, 6.07) is 0. The lowest BCUT2D eigenvalue weighted by Gasteiger charge is -2.38. The zero-order chi connectivity index (χ0) is 18.8. The van der Waals surface area contributed by atoms with Crippen molar-refractivity contribution in [1.29, 1.82) is 0 Å². The van der Waals surface area contributed by atoms with Gasteiger partial charge in [-0.15, -0.1) is 0 Å². The molecule has 2 aliphatic rings. The summed E-state index contributed by atoms with van der Waals surface area (Å²) in [4.78, 5) is 13.4. The van der Waals surface area contributed by atoms with Crippen LogP contribution in [-0.4, -0.2) is 101 Å². The number of carbonyl (C=O) groups excluding carboxylic acids is 1. The minimum Gasteiger partial charge on any atom is -0.394 e. The van der Waals surface area contributed by atoms with E-state index in [0.29, 0.717) is 0 Å². The van der Waals surface area contributed by atoms with Crippen LogP contribution in [0.1, 0.15) is 0 Å². The van der Waals surface area contributed by atoms with Crippen molar-refractivity contribution in [2.24, 2.45) is 5.92 Å². The van der Waals surface area contributed by atoms with E-state index < -0.39 is 52.9 Å². The minimum absolute atomic E-state index is 0.0222. The predicted molar refractivity (Wildman–Crippen MR) is 88.0 cm³/mol. The molecule has 11 nitrogen and oxygen atoms in total. The Kier molecular flexibility index (Phi) is 6.67. The maximum atomic E-state index is 12.0. The van der Waals surface area contributed by atoms with E-state index in [2.05, 4.69) is 10.6 Å². The average Bonchev–Trinajstić information content (AvgIpc) is 2.80. The summed E-state index contributed by atoms with van der Waals surface area (Å²) in [6.07, 6.45) is -4.60. The Balaban J connectivity index is 1.96. The number of nitrogens with zero attached hydrogens (tertiary/aromatic N) is 1. The van der Waals surface area contributed by atoms with Gasteiger partial charge in [-0.3, -0.25) is 9.35 Å². The van der Waals surface area contributed by atoms with E-state index >= 15 is 0 Å². The molecular formula is C12H21N3O8S2. The van der Waals surface area contributed by atoms with Crippen LogP contribution in [0, 0.1) is 5.92 Å². The van der Waals surface area contributed by atoms with Crippen molar-refractivity contribution < 1.29 is 37.8 Å². The summed E-state index contributed by atoms with van der Waals surface area (Å²) in [5, 5.41) is 34.3. The van der Waals surface area contributed by atoms with Crippen LogP contribution in [0.25, 0.3) is 0 Å². The molecule has 1 unspecified atom stereocenters. The second-order valence-corrected chi connectivity index (χ2v) is 7.82. The Morgan fingerprint density at radius 1 is 1.36 bits per heavy atom. The van der Waals surface area contributed by atoms with Crippen molar-refractivity contribution in [2.75, 3.05) is 32.0 Å². The van der Waals surface area contributed by atoms with Crippen LogP contribution < -0.4 is 10.6 Å². The highest BCUT2D eigenvalue weighted by Crippen LogP contribution is 2.26. The van der Waals surface area contributed by atoms with Gasteiger partial charge in [0, 0.05) is 19.6 Å². The lowest BCUT2D eigenvalue weighted by Crippen LogP contribution is -2.61. The smallest absolute Gasteiger partial charge is 0.266 e. The molecule has 0 saturated carbocycles. The Morgan fingerprint density at radius 2 is 2.04 bits per heavy atom. The molecule has 2 rings (SSSR count). The highest BCUT2D eigenvalue weighted by atomic mass is 32.2. The molecule has 6 N–H and O–H groups in total. The standard InChI is InChI=1S/C12H21N3O8S2/c16-5-7-8(17)9(18)11(23-7)15-4-6(10(19)14-12(15)24)3-13-1-2-25(20,21)22/h6-9,11,13,16-18H,1-5H2,(H,14,19,24)(H,20,21,22)/t6?,7-,8-,9-,11-/m1/s1. The van der Waals surface area contributed by atoms with Gasteiger partial charge >= 0.3 is 0 Å². The van der Waals surface area contributed by atoms with Crippen LogP contribution >= 0.6 is 12.2 Å². The van der Waals surface area contributed by atoms with Gasteiger partial charge in [0.25, 0.3) is 10.1 Å². The van der Waals surface area contributed by atoms with E-state index in [-0.39, 0.29) is 30.7 Å². The largest absolute Gasteiger partial charge is 0.394 e. The molecule has 0 radical (unpaired) electrons. The van der Waals surface area contributed by atoms with E-state index in [9.17, 15) is 23.4 Å². The average molecular weight is 399 g/mol. The van der Waals surface area contributed by atoms with Crippen LogP contribution in [-0.2, 0) is 19.6 Å². The van der Waals surface area contributed by atoms with Crippen molar-refractivity contribution in [3.8, 4) is 0 Å². The Hall–Kier alpha value is -0.930. The first kappa shape index (κ1) is 20.4. The van der Waals surface area contributed by atoms with Crippen LogP contribution in [0.3, 0.4) is 0 Å². The Morgan fingerprint density at radius 3 is 2.60 bits per heavy atom. The highest BCUT2D eigenvalue weighted by Gasteiger charge is 2.47. The van der Waals surface area contributed by atoms with Gasteiger partial charge in [0.05, 0.1) is 18.3 Å². The van der Waals surface area contributed by atoms with Gasteiger partial charge < -0.3 is 35.6 Å². The molecule has 0 aromatic heterocycles. The molecule has 0 aliphatic carbocycles. The SMILES string of the molecule is O=C1NC(=S)N([C@@H]2O[C@H](CO)[C@@H](O)[C@H]2O)CC1CNCCS(=O)(=O)O. The van der Waals surface area contributed by atoms with Crippen LogP contribution in [0.5, 0.6) is 0 Å². The molecule has 0 bridgehead atoms. The number of carbonyl (C=O) groups is 1. The van der Waals surface area contributed by atoms with Crippen molar-refractivity contribution in [1.82, 2.24) is 15.5 Å². The van der Waals surface area contributed by atoms with Crippen molar-refractivity contribution in [3.63, 3.8) is 0 Å². The molecule has 5 atom stereocenters. The van der Waals surface area contributed by atoms with E-state index in [1.54, 1.807) is 0 Å². The Labute approximate surface area is 149 Å². The number of rotatable bonds is 7. The van der Waals surface area contributed by atoms with E-state index in [1.165, 1.54) is 4.90 Å². The molecule has 0 aromatic carbocycles. The highest BCUT2D eigenvalue weighted by molar-refractivity contribution is 7.85. The molecule has 2 heterocycles. The van der Waals surface area contributed by atoms with Gasteiger partial charge in [-0.25, -0.2) is 0 Å². The molecule has 25 heavy (non-hydrogen) atoms. The van der Waals surface area contributed by atoms with Crippen molar-refractivity contribution >= 4 is 33.4 Å². The lowest BCUT2D eigenvalue weighted by molar-refractivity contribution is -0.129. The van der Waals surface area contributed by atoms with Gasteiger partial charge in [-0.1, -0.05) is 0 Å². The minimum atomic E-state index is -4.09. The van der Waals surface area contributed by atoms with Crippen LogP contribution in [0.15, 0.2) is 0 Å². The van der Waals surface area contributed by atoms with E-state index in [0.717, 1.165) is 0 Å². The molecule has 2 aliphatic heterocycles. The molecule has 2 saturated heterocycles. The van der Waals surface area contributed by atoms with E-state index in [4.69, 9.17) is 26.6 Å². The van der Waals surface area contributed by atoms with E-state index in [1.807, 2.05) is 0 Å². The molecule has 0 spiro atoms. The summed E-state index contributed by atoms with van der Waals surface area (Å²) in [6.45, 7) is -0.353. The fourth-order valence-corrected chi connectivity index (χ4v) is 3.36. The number of aliphatic hydroxyl groups is 3. The second-order valence-electron chi connectivity index (χ2n) is 5.86. The van der Waals surface area contributed by atoms with Crippen molar-refractivity contribution in [3.05, 3.63) is 0 Å². The summed E-state index contributed by atoms with van der Waals surface area (Å²) in [7, 11) is -4.09. The number of hydrogen-bond acceptors (Lipinski definition) is 9. The number of hydrogen-bond donors (Lipinski definition) is 6. The lowest BCUT2D eigenvalue weighted by atomic mass is 10.0. The third-order valence-electron chi connectivity index (χ3n) is 4.03. The van der Waals surface area contributed by atoms with Gasteiger partial charge in [-0.05, 0) is 12.2 Å². The maximum absolute atomic E-state index is 12.0. The summed E-state index contributed by atoms with van der Waals surface area (Å²) in [5.74, 6) is -1.50. The zero-order valence-electron chi connectivity index (χ0n) is 13.1. The molecule has 1 amide bonds. The molecule has 144 valence electrons. The monoisotopic (exact) mass is 399 g/mol. The topological polar surface area (TPSA) is 169 Å². The normalized spacial score (nSPS) is 33.6. The van der Waals surface area contributed by atoms with Crippen molar-refractivity contribution in [2.45, 2.75) is 24.5 Å². The summed E-state index contributed by atoms with van der Waals surface area (Å²) < 4.78 is 35.4. The fourth-order valence-electron chi connectivity index (χ4n) is 2.67. The zero-order valence-corrected chi connectivity index (χ0v) is 14.7. The van der Waals surface area contributed by atoms with Crippen LogP contribution in [0.2, 0.25) is 0 Å². The second kappa shape index (κ2) is 8.18. The van der Waals surface area contributed by atoms with Gasteiger partial charge in [0.1, 0.15) is 18.3 Å². The summed E-state index contributed by atoms with van der Waals surface area (Å²) >= 11 is 5.07. The molecule has 13 heteroatoms. The van der Waals surface area contributed by atoms with Gasteiger partial charge in [0.2, 0.25) is 5.91 Å².